The summed E-state index contributed by atoms with van der Waals surface area (Å²) in [6.45, 7) is 2.87. The van der Waals surface area contributed by atoms with Gasteiger partial charge in [0.2, 0.25) is 5.91 Å². The van der Waals surface area contributed by atoms with Gasteiger partial charge in [0.15, 0.2) is 0 Å². The summed E-state index contributed by atoms with van der Waals surface area (Å²) in [6.07, 6.45) is 6.89. The van der Waals surface area contributed by atoms with Crippen molar-refractivity contribution in [2.45, 2.75) is 69.7 Å². The van der Waals surface area contributed by atoms with Crippen LogP contribution in [0.25, 0.3) is 0 Å². The van der Waals surface area contributed by atoms with Crippen molar-refractivity contribution in [3.05, 3.63) is 0 Å². The Hall–Kier alpha value is -0.610. The van der Waals surface area contributed by atoms with Gasteiger partial charge < -0.3 is 15.0 Å². The van der Waals surface area contributed by atoms with Crippen LogP contribution in [0.5, 0.6) is 0 Å². The van der Waals surface area contributed by atoms with Crippen LogP contribution in [0.15, 0.2) is 0 Å². The normalized spacial score (nSPS) is 41.5. The summed E-state index contributed by atoms with van der Waals surface area (Å²) >= 11 is 0. The fourth-order valence-electron chi connectivity index (χ4n) is 4.15. The molecule has 4 heteroatoms. The van der Waals surface area contributed by atoms with Crippen molar-refractivity contribution in [2.75, 3.05) is 13.7 Å². The van der Waals surface area contributed by atoms with E-state index in [0.717, 1.165) is 19.4 Å². The molecular formula is C15H26N2O2. The summed E-state index contributed by atoms with van der Waals surface area (Å²) < 4.78 is 5.57. The van der Waals surface area contributed by atoms with Gasteiger partial charge in [-0.1, -0.05) is 0 Å². The molecule has 2 bridgehead atoms. The molecule has 3 rings (SSSR count). The molecule has 0 saturated carbocycles. The van der Waals surface area contributed by atoms with Crippen LogP contribution in [0.4, 0.5) is 0 Å². The topological polar surface area (TPSA) is 41.6 Å². The molecule has 3 aliphatic rings. The van der Waals surface area contributed by atoms with Crippen molar-refractivity contribution in [2.24, 2.45) is 5.92 Å². The smallest absolute Gasteiger partial charge is 0.222 e. The zero-order valence-electron chi connectivity index (χ0n) is 12.1. The summed E-state index contributed by atoms with van der Waals surface area (Å²) in [5, 5.41) is 3.64. The molecule has 3 heterocycles. The molecule has 1 N–H and O–H groups in total. The molecule has 0 aromatic heterocycles. The van der Waals surface area contributed by atoms with Crippen molar-refractivity contribution >= 4 is 5.91 Å². The van der Waals surface area contributed by atoms with Crippen LogP contribution in [0.1, 0.15) is 45.4 Å². The number of likely N-dealkylation sites (N-methyl/N-ethyl adjacent to an activating group) is 1. The molecular weight excluding hydrogens is 240 g/mol. The van der Waals surface area contributed by atoms with E-state index in [1.807, 2.05) is 11.9 Å². The lowest BCUT2D eigenvalue weighted by Crippen LogP contribution is -2.43. The zero-order chi connectivity index (χ0) is 13.4. The molecule has 0 aromatic rings. The minimum atomic E-state index is 0.193. The molecule has 1 amide bonds. The molecule has 0 aromatic carbocycles. The van der Waals surface area contributed by atoms with Crippen LogP contribution in [0.2, 0.25) is 0 Å². The van der Waals surface area contributed by atoms with Crippen LogP contribution in [-0.2, 0) is 9.53 Å². The van der Waals surface area contributed by atoms with E-state index < -0.39 is 0 Å². The predicted octanol–water partition coefficient (Wildman–Crippen LogP) is 1.54. The quantitative estimate of drug-likeness (QED) is 0.842. The van der Waals surface area contributed by atoms with Gasteiger partial charge in [0.1, 0.15) is 0 Å². The highest BCUT2D eigenvalue weighted by molar-refractivity contribution is 5.76. The van der Waals surface area contributed by atoms with E-state index in [2.05, 4.69) is 12.2 Å². The van der Waals surface area contributed by atoms with Crippen LogP contribution in [-0.4, -0.2) is 48.7 Å². The number of nitrogens with one attached hydrogen (secondary N) is 1. The Morgan fingerprint density at radius 2 is 1.95 bits per heavy atom. The molecule has 0 aliphatic carbocycles. The molecule has 4 unspecified atom stereocenters. The molecule has 108 valence electrons. The van der Waals surface area contributed by atoms with Gasteiger partial charge in [-0.05, 0) is 44.9 Å². The number of fused-ring (bicyclic) bond motifs is 2. The molecule has 3 saturated heterocycles. The van der Waals surface area contributed by atoms with E-state index in [0.29, 0.717) is 23.9 Å². The minimum absolute atomic E-state index is 0.193. The van der Waals surface area contributed by atoms with E-state index in [4.69, 9.17) is 4.74 Å². The number of hydrogen-bond acceptors (Lipinski definition) is 3. The van der Waals surface area contributed by atoms with Gasteiger partial charge in [-0.2, -0.15) is 0 Å². The van der Waals surface area contributed by atoms with Crippen molar-refractivity contribution in [1.29, 1.82) is 0 Å². The maximum Gasteiger partial charge on any atom is 0.222 e. The van der Waals surface area contributed by atoms with Gasteiger partial charge in [0.05, 0.1) is 12.1 Å². The lowest BCUT2D eigenvalue weighted by molar-refractivity contribution is -0.134. The lowest BCUT2D eigenvalue weighted by atomic mass is 9.89. The largest absolute Gasteiger partial charge is 0.376 e. The third-order valence-corrected chi connectivity index (χ3v) is 5.26. The number of ether oxygens (including phenoxy) is 1. The van der Waals surface area contributed by atoms with Gasteiger partial charge in [-0.25, -0.2) is 0 Å². The number of carbonyl (C=O) groups excluding carboxylic acids is 1. The molecule has 0 spiro atoms. The number of hydrogen-bond donors (Lipinski definition) is 1. The second-order valence-corrected chi connectivity index (χ2v) is 6.62. The third-order valence-electron chi connectivity index (χ3n) is 5.26. The van der Waals surface area contributed by atoms with Crippen LogP contribution < -0.4 is 5.32 Å². The fourth-order valence-corrected chi connectivity index (χ4v) is 4.15. The fraction of sp³-hybridized carbons (Fsp3) is 0.933. The first kappa shape index (κ1) is 13.4. The lowest BCUT2D eigenvalue weighted by Gasteiger charge is -2.32. The second-order valence-electron chi connectivity index (χ2n) is 6.62. The molecule has 0 radical (unpaired) electrons. The van der Waals surface area contributed by atoms with Gasteiger partial charge >= 0.3 is 0 Å². The Morgan fingerprint density at radius 3 is 2.53 bits per heavy atom. The van der Waals surface area contributed by atoms with Gasteiger partial charge in [0, 0.05) is 32.2 Å². The van der Waals surface area contributed by atoms with E-state index in [1.165, 1.54) is 25.7 Å². The summed E-state index contributed by atoms with van der Waals surface area (Å²) in [5.74, 6) is 0.903. The number of nitrogens with zero attached hydrogens (tertiary/aromatic N) is 1. The van der Waals surface area contributed by atoms with Crippen molar-refractivity contribution in [3.8, 4) is 0 Å². The monoisotopic (exact) mass is 266 g/mol. The number of carbonyl (C=O) groups is 1. The second kappa shape index (κ2) is 5.41. The Bertz CT molecular complexity index is 335. The Labute approximate surface area is 115 Å². The standard InChI is InChI=1S/C15H26N2O2/c1-10-14(5-6-19-10)17(2)15(18)9-11-7-12-3-4-13(8-11)16-12/h10-14,16H,3-9H2,1-2H3. The summed E-state index contributed by atoms with van der Waals surface area (Å²) in [6, 6.07) is 1.64. The summed E-state index contributed by atoms with van der Waals surface area (Å²) in [4.78, 5) is 14.4. The van der Waals surface area contributed by atoms with E-state index in [-0.39, 0.29) is 12.1 Å². The Balaban J connectivity index is 1.53. The molecule has 19 heavy (non-hydrogen) atoms. The molecule has 3 fully saturated rings. The maximum absolute atomic E-state index is 12.4. The van der Waals surface area contributed by atoms with E-state index in [1.54, 1.807) is 0 Å². The highest BCUT2D eigenvalue weighted by Crippen LogP contribution is 2.33. The maximum atomic E-state index is 12.4. The summed E-state index contributed by atoms with van der Waals surface area (Å²) in [7, 11) is 1.95. The van der Waals surface area contributed by atoms with E-state index in [9.17, 15) is 4.79 Å². The first-order valence-corrected chi connectivity index (χ1v) is 7.77. The van der Waals surface area contributed by atoms with Crippen LogP contribution in [0.3, 0.4) is 0 Å². The van der Waals surface area contributed by atoms with E-state index >= 15 is 0 Å². The van der Waals surface area contributed by atoms with Gasteiger partial charge in [0.25, 0.3) is 0 Å². The third kappa shape index (κ3) is 2.79. The number of amides is 1. The zero-order valence-corrected chi connectivity index (χ0v) is 12.1. The van der Waals surface area contributed by atoms with Crippen molar-refractivity contribution in [3.63, 3.8) is 0 Å². The van der Waals surface area contributed by atoms with Gasteiger partial charge in [-0.3, -0.25) is 4.79 Å². The molecule has 4 nitrogen and oxygen atoms in total. The van der Waals surface area contributed by atoms with Crippen molar-refractivity contribution < 1.29 is 9.53 Å². The number of piperidine rings is 1. The van der Waals surface area contributed by atoms with Crippen LogP contribution >= 0.6 is 0 Å². The highest BCUT2D eigenvalue weighted by Gasteiger charge is 2.36. The molecule has 4 atom stereocenters. The number of rotatable bonds is 3. The Morgan fingerprint density at radius 1 is 1.26 bits per heavy atom. The average Bonchev–Trinajstić information content (AvgIpc) is 2.94. The summed E-state index contributed by atoms with van der Waals surface area (Å²) in [5.41, 5.74) is 0. The first-order valence-electron chi connectivity index (χ1n) is 7.77. The SMILES string of the molecule is CC1OCCC1N(C)C(=O)CC1CC2CCC(C1)N2. The minimum Gasteiger partial charge on any atom is -0.376 e. The first-order chi connectivity index (χ1) is 9.13. The highest BCUT2D eigenvalue weighted by atomic mass is 16.5. The average molecular weight is 266 g/mol. The Kier molecular flexibility index (Phi) is 3.81. The predicted molar refractivity (Wildman–Crippen MR) is 73.9 cm³/mol. The molecule has 3 aliphatic heterocycles. The van der Waals surface area contributed by atoms with Crippen molar-refractivity contribution in [1.82, 2.24) is 10.2 Å². The van der Waals surface area contributed by atoms with Crippen LogP contribution in [0, 0.1) is 5.92 Å². The van der Waals surface area contributed by atoms with Gasteiger partial charge in [-0.15, -0.1) is 0 Å².